The molecule has 0 atom stereocenters. The zero-order valence-corrected chi connectivity index (χ0v) is 11.6. The molecule has 2 aromatic heterocycles. The van der Waals surface area contributed by atoms with Gasteiger partial charge in [0.05, 0.1) is 0 Å². The number of halogens is 1. The first-order chi connectivity index (χ1) is 8.26. The van der Waals surface area contributed by atoms with Crippen LogP contribution in [0.5, 0.6) is 0 Å². The molecule has 0 saturated carbocycles. The monoisotopic (exact) mass is 296 g/mol. The topological polar surface area (TPSA) is 56.7 Å². The first-order valence-corrected chi connectivity index (χ1v) is 6.76. The standard InChI is InChI=1S/C12H17BrN4/c1-2-4-11-16-10-7-9(13)8-15-12(10)17(11)6-3-5-14/h7-8H,2-6,14H2,1H3. The van der Waals surface area contributed by atoms with Crippen LogP contribution in [0, 0.1) is 0 Å². The Morgan fingerprint density at radius 3 is 3.00 bits per heavy atom. The van der Waals surface area contributed by atoms with Gasteiger partial charge < -0.3 is 10.3 Å². The van der Waals surface area contributed by atoms with Crippen molar-refractivity contribution in [3.8, 4) is 0 Å². The van der Waals surface area contributed by atoms with Crippen molar-refractivity contribution in [2.45, 2.75) is 32.7 Å². The van der Waals surface area contributed by atoms with Crippen LogP contribution in [-0.2, 0) is 13.0 Å². The van der Waals surface area contributed by atoms with Gasteiger partial charge in [-0.1, -0.05) is 6.92 Å². The Labute approximate surface area is 109 Å². The number of hydrogen-bond acceptors (Lipinski definition) is 3. The van der Waals surface area contributed by atoms with E-state index in [9.17, 15) is 0 Å². The second-order valence-corrected chi connectivity index (χ2v) is 4.98. The van der Waals surface area contributed by atoms with E-state index < -0.39 is 0 Å². The minimum absolute atomic E-state index is 0.696. The summed E-state index contributed by atoms with van der Waals surface area (Å²) in [7, 11) is 0. The highest BCUT2D eigenvalue weighted by Gasteiger charge is 2.10. The largest absolute Gasteiger partial charge is 0.330 e. The predicted octanol–water partition coefficient (Wildman–Crippen LogP) is 2.50. The van der Waals surface area contributed by atoms with E-state index in [4.69, 9.17) is 5.73 Å². The molecule has 2 rings (SSSR count). The smallest absolute Gasteiger partial charge is 0.160 e. The molecular weight excluding hydrogens is 280 g/mol. The summed E-state index contributed by atoms with van der Waals surface area (Å²) >= 11 is 3.43. The average Bonchev–Trinajstić information content (AvgIpc) is 2.63. The Hall–Kier alpha value is -0.940. The molecule has 0 aliphatic rings. The van der Waals surface area contributed by atoms with E-state index >= 15 is 0 Å². The van der Waals surface area contributed by atoms with Crippen molar-refractivity contribution in [3.05, 3.63) is 22.6 Å². The molecule has 5 heteroatoms. The second-order valence-electron chi connectivity index (χ2n) is 4.07. The number of fused-ring (bicyclic) bond motifs is 1. The summed E-state index contributed by atoms with van der Waals surface area (Å²) in [6, 6.07) is 2.01. The quantitative estimate of drug-likeness (QED) is 0.922. The normalized spacial score (nSPS) is 11.2. The number of imidazole rings is 1. The van der Waals surface area contributed by atoms with Crippen LogP contribution in [0.2, 0.25) is 0 Å². The first kappa shape index (κ1) is 12.5. The van der Waals surface area contributed by atoms with Gasteiger partial charge in [0.25, 0.3) is 0 Å². The minimum atomic E-state index is 0.696. The number of aromatic nitrogens is 3. The SMILES string of the molecule is CCCc1nc2cc(Br)cnc2n1CCCN. The molecule has 2 aromatic rings. The second kappa shape index (κ2) is 5.60. The minimum Gasteiger partial charge on any atom is -0.330 e. The number of rotatable bonds is 5. The lowest BCUT2D eigenvalue weighted by molar-refractivity contribution is 0.622. The summed E-state index contributed by atoms with van der Waals surface area (Å²) in [5, 5.41) is 0. The van der Waals surface area contributed by atoms with Gasteiger partial charge in [-0.25, -0.2) is 9.97 Å². The van der Waals surface area contributed by atoms with Crippen molar-refractivity contribution in [2.75, 3.05) is 6.54 Å². The maximum absolute atomic E-state index is 5.58. The summed E-state index contributed by atoms with van der Waals surface area (Å²) in [4.78, 5) is 9.10. The summed E-state index contributed by atoms with van der Waals surface area (Å²) in [6.07, 6.45) is 4.85. The van der Waals surface area contributed by atoms with Crippen LogP contribution >= 0.6 is 15.9 Å². The van der Waals surface area contributed by atoms with Gasteiger partial charge >= 0.3 is 0 Å². The van der Waals surface area contributed by atoms with Gasteiger partial charge in [-0.2, -0.15) is 0 Å². The number of nitrogens with zero attached hydrogens (tertiary/aromatic N) is 3. The molecule has 0 aromatic carbocycles. The van der Waals surface area contributed by atoms with E-state index in [1.54, 1.807) is 0 Å². The van der Waals surface area contributed by atoms with Crippen molar-refractivity contribution in [3.63, 3.8) is 0 Å². The Bertz CT molecular complexity index is 506. The lowest BCUT2D eigenvalue weighted by Crippen LogP contribution is -2.09. The molecule has 0 saturated heterocycles. The number of nitrogens with two attached hydrogens (primary N) is 1. The molecule has 0 spiro atoms. The molecule has 0 radical (unpaired) electrons. The van der Waals surface area contributed by atoms with Gasteiger partial charge in [0.1, 0.15) is 11.3 Å². The molecule has 0 aliphatic carbocycles. The van der Waals surface area contributed by atoms with Gasteiger partial charge in [-0.3, -0.25) is 0 Å². The summed E-state index contributed by atoms with van der Waals surface area (Å²) in [5.74, 6) is 1.11. The van der Waals surface area contributed by atoms with Crippen molar-refractivity contribution < 1.29 is 0 Å². The third-order valence-corrected chi connectivity index (χ3v) is 3.12. The molecule has 0 bridgehead atoms. The maximum atomic E-state index is 5.58. The third-order valence-electron chi connectivity index (χ3n) is 2.69. The summed E-state index contributed by atoms with van der Waals surface area (Å²) in [6.45, 7) is 3.76. The molecule has 92 valence electrons. The lowest BCUT2D eigenvalue weighted by atomic mass is 10.3. The van der Waals surface area contributed by atoms with E-state index in [-0.39, 0.29) is 0 Å². The molecule has 0 aliphatic heterocycles. The predicted molar refractivity (Wildman–Crippen MR) is 72.9 cm³/mol. The fraction of sp³-hybridized carbons (Fsp3) is 0.500. The Kier molecular flexibility index (Phi) is 4.12. The molecule has 0 fully saturated rings. The highest BCUT2D eigenvalue weighted by Crippen LogP contribution is 2.19. The van der Waals surface area contributed by atoms with Crippen molar-refractivity contribution >= 4 is 27.1 Å². The zero-order valence-electron chi connectivity index (χ0n) is 9.99. The summed E-state index contributed by atoms with van der Waals surface area (Å²) in [5.41, 5.74) is 7.50. The van der Waals surface area contributed by atoms with Gasteiger partial charge in [0.2, 0.25) is 0 Å². The van der Waals surface area contributed by atoms with Crippen molar-refractivity contribution in [1.82, 2.24) is 14.5 Å². The molecular formula is C12H17BrN4. The van der Waals surface area contributed by atoms with E-state index in [1.165, 1.54) is 0 Å². The maximum Gasteiger partial charge on any atom is 0.160 e. The fourth-order valence-corrected chi connectivity index (χ4v) is 2.25. The van der Waals surface area contributed by atoms with Crippen LogP contribution in [0.4, 0.5) is 0 Å². The number of pyridine rings is 1. The number of aryl methyl sites for hydroxylation is 2. The van der Waals surface area contributed by atoms with Crippen molar-refractivity contribution in [1.29, 1.82) is 0 Å². The first-order valence-electron chi connectivity index (χ1n) is 5.97. The summed E-state index contributed by atoms with van der Waals surface area (Å²) < 4.78 is 3.16. The van der Waals surface area contributed by atoms with Gasteiger partial charge in [-0.05, 0) is 41.4 Å². The van der Waals surface area contributed by atoms with E-state index in [2.05, 4.69) is 37.4 Å². The van der Waals surface area contributed by atoms with E-state index in [0.717, 1.165) is 47.3 Å². The lowest BCUT2D eigenvalue weighted by Gasteiger charge is -2.06. The van der Waals surface area contributed by atoms with Crippen LogP contribution in [0.25, 0.3) is 11.2 Å². The molecule has 17 heavy (non-hydrogen) atoms. The molecule has 0 amide bonds. The van der Waals surface area contributed by atoms with E-state index in [0.29, 0.717) is 6.54 Å². The number of hydrogen-bond donors (Lipinski definition) is 1. The van der Waals surface area contributed by atoms with Crippen LogP contribution in [-0.4, -0.2) is 21.1 Å². The average molecular weight is 297 g/mol. The van der Waals surface area contributed by atoms with Crippen LogP contribution in [0.1, 0.15) is 25.6 Å². The Balaban J connectivity index is 2.46. The molecule has 2 N–H and O–H groups in total. The fourth-order valence-electron chi connectivity index (χ4n) is 1.93. The molecule has 4 nitrogen and oxygen atoms in total. The third kappa shape index (κ3) is 2.66. The van der Waals surface area contributed by atoms with Crippen LogP contribution in [0.15, 0.2) is 16.7 Å². The van der Waals surface area contributed by atoms with Gasteiger partial charge in [-0.15, -0.1) is 0 Å². The molecule has 0 unspecified atom stereocenters. The Morgan fingerprint density at radius 2 is 2.29 bits per heavy atom. The highest BCUT2D eigenvalue weighted by molar-refractivity contribution is 9.10. The van der Waals surface area contributed by atoms with Crippen molar-refractivity contribution in [2.24, 2.45) is 5.73 Å². The van der Waals surface area contributed by atoms with Crippen LogP contribution < -0.4 is 5.73 Å². The Morgan fingerprint density at radius 1 is 1.47 bits per heavy atom. The van der Waals surface area contributed by atoms with Gasteiger partial charge in [0.15, 0.2) is 5.65 Å². The highest BCUT2D eigenvalue weighted by atomic mass is 79.9. The molecule has 2 heterocycles. The zero-order chi connectivity index (χ0) is 12.3. The van der Waals surface area contributed by atoms with Gasteiger partial charge in [0, 0.05) is 23.6 Å². The van der Waals surface area contributed by atoms with Crippen LogP contribution in [0.3, 0.4) is 0 Å². The van der Waals surface area contributed by atoms with E-state index in [1.807, 2.05) is 12.3 Å².